The monoisotopic (exact) mass is 259 g/mol. The van der Waals surface area contributed by atoms with Crippen molar-refractivity contribution >= 4 is 11.6 Å². The van der Waals surface area contributed by atoms with Gasteiger partial charge in [0.05, 0.1) is 12.8 Å². The van der Waals surface area contributed by atoms with E-state index in [1.165, 1.54) is 0 Å². The van der Waals surface area contributed by atoms with E-state index in [2.05, 4.69) is 10.4 Å². The molecule has 1 N–H and O–H groups in total. The summed E-state index contributed by atoms with van der Waals surface area (Å²) in [5.74, 6) is 0.597. The molecule has 1 aromatic carbocycles. The highest BCUT2D eigenvalue weighted by Crippen LogP contribution is 2.16. The predicted molar refractivity (Wildman–Crippen MR) is 73.6 cm³/mol. The molecule has 2 rings (SSSR count). The maximum absolute atomic E-state index is 12.2. The maximum Gasteiger partial charge on any atom is 0.273 e. The fraction of sp³-hybridized carbons (Fsp3) is 0.286. The van der Waals surface area contributed by atoms with Gasteiger partial charge in [-0.25, -0.2) is 0 Å². The number of carbonyl (C=O) groups excluding carboxylic acids is 1. The summed E-state index contributed by atoms with van der Waals surface area (Å²) in [6, 6.07) is 8.99. The quantitative estimate of drug-likeness (QED) is 0.917. The lowest BCUT2D eigenvalue weighted by molar-refractivity contribution is 0.101. The molecule has 0 fully saturated rings. The molecule has 0 aliphatic heterocycles. The Morgan fingerprint density at radius 2 is 2.05 bits per heavy atom. The topological polar surface area (TPSA) is 56.2 Å². The van der Waals surface area contributed by atoms with Crippen LogP contribution in [0, 0.1) is 6.92 Å². The molecule has 5 nitrogen and oxygen atoms in total. The highest BCUT2D eigenvalue weighted by atomic mass is 16.5. The first kappa shape index (κ1) is 13.1. The van der Waals surface area contributed by atoms with Gasteiger partial charge in [0.25, 0.3) is 5.91 Å². The summed E-state index contributed by atoms with van der Waals surface area (Å²) in [6.45, 7) is 4.49. The van der Waals surface area contributed by atoms with Gasteiger partial charge in [-0.15, -0.1) is 0 Å². The zero-order valence-electron chi connectivity index (χ0n) is 11.3. The summed E-state index contributed by atoms with van der Waals surface area (Å²) in [5.41, 5.74) is 2.13. The van der Waals surface area contributed by atoms with Crippen molar-refractivity contribution in [3.05, 3.63) is 41.7 Å². The molecule has 2 aromatic rings. The van der Waals surface area contributed by atoms with Crippen LogP contribution < -0.4 is 10.1 Å². The third kappa shape index (κ3) is 2.93. The first-order valence-corrected chi connectivity index (χ1v) is 6.14. The molecular formula is C14H17N3O2. The van der Waals surface area contributed by atoms with Crippen LogP contribution in [0.4, 0.5) is 5.69 Å². The summed E-state index contributed by atoms with van der Waals surface area (Å²) < 4.78 is 6.76. The van der Waals surface area contributed by atoms with Crippen molar-refractivity contribution in [1.82, 2.24) is 9.78 Å². The van der Waals surface area contributed by atoms with E-state index in [1.807, 2.05) is 13.8 Å². The van der Waals surface area contributed by atoms with E-state index >= 15 is 0 Å². The van der Waals surface area contributed by atoms with Crippen LogP contribution in [0.2, 0.25) is 0 Å². The van der Waals surface area contributed by atoms with Gasteiger partial charge in [-0.3, -0.25) is 9.48 Å². The Bertz CT molecular complexity index is 573. The molecule has 1 heterocycles. The number of aryl methyl sites for hydroxylation is 2. The number of aromatic nitrogens is 2. The van der Waals surface area contributed by atoms with Crippen LogP contribution in [-0.4, -0.2) is 22.8 Å². The predicted octanol–water partition coefficient (Wildman–Crippen LogP) is 2.47. The molecule has 5 heteroatoms. The first-order chi connectivity index (χ1) is 9.13. The molecule has 19 heavy (non-hydrogen) atoms. The second-order valence-electron chi connectivity index (χ2n) is 4.17. The summed E-state index contributed by atoms with van der Waals surface area (Å²) >= 11 is 0. The SMILES string of the molecule is CCn1nc(C)cc1C(=O)Nc1ccc(OC)cc1. The minimum atomic E-state index is -0.160. The Kier molecular flexibility index (Phi) is 3.85. The van der Waals surface area contributed by atoms with E-state index in [9.17, 15) is 4.79 Å². The van der Waals surface area contributed by atoms with Crippen molar-refractivity contribution < 1.29 is 9.53 Å². The number of hydrogen-bond acceptors (Lipinski definition) is 3. The normalized spacial score (nSPS) is 10.3. The van der Waals surface area contributed by atoms with Crippen molar-refractivity contribution in [2.75, 3.05) is 12.4 Å². The molecule has 0 atom stereocenters. The highest BCUT2D eigenvalue weighted by molar-refractivity contribution is 6.03. The average molecular weight is 259 g/mol. The van der Waals surface area contributed by atoms with Crippen LogP contribution >= 0.6 is 0 Å². The van der Waals surface area contributed by atoms with Gasteiger partial charge in [-0.05, 0) is 44.2 Å². The second-order valence-corrected chi connectivity index (χ2v) is 4.17. The molecule has 1 aromatic heterocycles. The highest BCUT2D eigenvalue weighted by Gasteiger charge is 2.13. The van der Waals surface area contributed by atoms with E-state index < -0.39 is 0 Å². The number of nitrogens with zero attached hydrogens (tertiary/aromatic N) is 2. The van der Waals surface area contributed by atoms with Crippen molar-refractivity contribution in [3.8, 4) is 5.75 Å². The number of anilines is 1. The van der Waals surface area contributed by atoms with Crippen molar-refractivity contribution in [3.63, 3.8) is 0 Å². The summed E-state index contributed by atoms with van der Waals surface area (Å²) in [5, 5.41) is 7.10. The molecule has 0 aliphatic carbocycles. The standard InChI is InChI=1S/C14H17N3O2/c1-4-17-13(9-10(2)16-17)14(18)15-11-5-7-12(19-3)8-6-11/h5-9H,4H2,1-3H3,(H,15,18). The fourth-order valence-electron chi connectivity index (χ4n) is 1.84. The molecular weight excluding hydrogens is 242 g/mol. The van der Waals surface area contributed by atoms with Crippen LogP contribution in [0.5, 0.6) is 5.75 Å². The summed E-state index contributed by atoms with van der Waals surface area (Å²) in [6.07, 6.45) is 0. The number of carbonyl (C=O) groups is 1. The van der Waals surface area contributed by atoms with E-state index in [1.54, 1.807) is 42.1 Å². The van der Waals surface area contributed by atoms with E-state index in [-0.39, 0.29) is 5.91 Å². The lowest BCUT2D eigenvalue weighted by atomic mass is 10.3. The molecule has 100 valence electrons. The third-order valence-electron chi connectivity index (χ3n) is 2.78. The number of methoxy groups -OCH3 is 1. The minimum absolute atomic E-state index is 0.160. The molecule has 0 spiro atoms. The molecule has 0 saturated heterocycles. The van der Waals surface area contributed by atoms with Gasteiger partial charge in [-0.2, -0.15) is 5.10 Å². The van der Waals surface area contributed by atoms with E-state index in [0.29, 0.717) is 12.2 Å². The van der Waals surface area contributed by atoms with Crippen LogP contribution in [0.25, 0.3) is 0 Å². The Hall–Kier alpha value is -2.30. The Labute approximate surface area is 112 Å². The van der Waals surface area contributed by atoms with Crippen LogP contribution in [-0.2, 0) is 6.54 Å². The van der Waals surface area contributed by atoms with Gasteiger partial charge in [-0.1, -0.05) is 0 Å². The van der Waals surface area contributed by atoms with Crippen LogP contribution in [0.3, 0.4) is 0 Å². The first-order valence-electron chi connectivity index (χ1n) is 6.14. The van der Waals surface area contributed by atoms with Gasteiger partial charge in [0.2, 0.25) is 0 Å². The molecule has 0 aliphatic rings. The van der Waals surface area contributed by atoms with Crippen molar-refractivity contribution in [1.29, 1.82) is 0 Å². The number of nitrogens with one attached hydrogen (secondary N) is 1. The van der Waals surface area contributed by atoms with E-state index in [0.717, 1.165) is 17.1 Å². The number of benzene rings is 1. The molecule has 0 saturated carbocycles. The fourth-order valence-corrected chi connectivity index (χ4v) is 1.84. The van der Waals surface area contributed by atoms with Gasteiger partial charge in [0.1, 0.15) is 11.4 Å². The number of amides is 1. The van der Waals surface area contributed by atoms with Crippen molar-refractivity contribution in [2.24, 2.45) is 0 Å². The smallest absolute Gasteiger partial charge is 0.273 e. The lowest BCUT2D eigenvalue weighted by Gasteiger charge is -2.07. The average Bonchev–Trinajstić information content (AvgIpc) is 2.81. The molecule has 0 radical (unpaired) electrons. The third-order valence-corrected chi connectivity index (χ3v) is 2.78. The Morgan fingerprint density at radius 3 is 2.63 bits per heavy atom. The number of hydrogen-bond donors (Lipinski definition) is 1. The van der Waals surface area contributed by atoms with E-state index in [4.69, 9.17) is 4.74 Å². The van der Waals surface area contributed by atoms with Crippen LogP contribution in [0.15, 0.2) is 30.3 Å². The molecule has 0 unspecified atom stereocenters. The number of rotatable bonds is 4. The van der Waals surface area contributed by atoms with Gasteiger partial charge >= 0.3 is 0 Å². The zero-order chi connectivity index (χ0) is 13.8. The zero-order valence-corrected chi connectivity index (χ0v) is 11.3. The van der Waals surface area contributed by atoms with Crippen molar-refractivity contribution in [2.45, 2.75) is 20.4 Å². The second kappa shape index (κ2) is 5.56. The molecule has 0 bridgehead atoms. The van der Waals surface area contributed by atoms with Gasteiger partial charge in [0, 0.05) is 12.2 Å². The Balaban J connectivity index is 2.15. The summed E-state index contributed by atoms with van der Waals surface area (Å²) in [7, 11) is 1.61. The van der Waals surface area contributed by atoms with Crippen LogP contribution in [0.1, 0.15) is 23.1 Å². The maximum atomic E-state index is 12.2. The van der Waals surface area contributed by atoms with Gasteiger partial charge < -0.3 is 10.1 Å². The Morgan fingerprint density at radius 1 is 1.37 bits per heavy atom. The number of ether oxygens (including phenoxy) is 1. The molecule has 1 amide bonds. The van der Waals surface area contributed by atoms with Gasteiger partial charge in [0.15, 0.2) is 0 Å². The summed E-state index contributed by atoms with van der Waals surface area (Å²) in [4.78, 5) is 12.2. The lowest BCUT2D eigenvalue weighted by Crippen LogP contribution is -2.17. The largest absolute Gasteiger partial charge is 0.497 e. The minimum Gasteiger partial charge on any atom is -0.497 e.